The van der Waals surface area contributed by atoms with Gasteiger partial charge in [0.25, 0.3) is 0 Å². The van der Waals surface area contributed by atoms with Gasteiger partial charge in [-0.25, -0.2) is 19.4 Å². The highest BCUT2D eigenvalue weighted by molar-refractivity contribution is 8.00. The number of carbonyl (C=O) groups excluding carboxylic acids is 8. The number of nitrogens with one attached hydrogen (secondary N) is 9. The lowest BCUT2D eigenvalue weighted by molar-refractivity contribution is -0.192. The van der Waals surface area contributed by atoms with Crippen LogP contribution in [-0.2, 0) is 60.8 Å². The molecule has 2 aromatic rings. The number of H-pyrrole nitrogens is 1. The van der Waals surface area contributed by atoms with Crippen molar-refractivity contribution in [2.45, 2.75) is 171 Å². The summed E-state index contributed by atoms with van der Waals surface area (Å²) in [6.45, 7) is 6.87. The predicted molar refractivity (Wildman–Crippen MR) is 302 cm³/mol. The van der Waals surface area contributed by atoms with Crippen LogP contribution in [0.2, 0.25) is 0 Å². The first-order chi connectivity index (χ1) is 40.5. The lowest BCUT2D eigenvalue weighted by Crippen LogP contribution is -2.62. The number of aromatic hydroxyl groups is 1. The first-order valence-corrected chi connectivity index (χ1v) is 28.9. The number of phenolic OH excluding ortho intramolecular Hbond substituents is 1. The molecule has 3 fully saturated rings. The summed E-state index contributed by atoms with van der Waals surface area (Å²) in [6, 6.07) is -3.92. The van der Waals surface area contributed by atoms with Crippen LogP contribution in [0.5, 0.6) is 5.75 Å². The molecule has 3 aliphatic heterocycles. The third-order valence-corrected chi connectivity index (χ3v) is 15.9. The summed E-state index contributed by atoms with van der Waals surface area (Å²) in [4.78, 5) is 155. The van der Waals surface area contributed by atoms with Crippen LogP contribution >= 0.6 is 11.8 Å². The molecule has 0 saturated carbocycles. The Balaban J connectivity index is 0.00000212. The Labute approximate surface area is 496 Å². The number of nitrogens with zero attached hydrogens (tertiary/aromatic N) is 3. The number of fused-ring (bicyclic) bond motifs is 1. The van der Waals surface area contributed by atoms with Gasteiger partial charge in [-0.05, 0) is 68.1 Å². The summed E-state index contributed by atoms with van der Waals surface area (Å²) in [5.74, 6) is -11.7. The number of aliphatic imine (C=N–C) groups is 1. The number of aromatic amines is 1. The number of thioether (sulfide) groups is 1. The molecule has 3 aliphatic rings. The smallest absolute Gasteiger partial charge is 0.490 e. The zero-order valence-electron chi connectivity index (χ0n) is 47.8. The Bertz CT molecular complexity index is 2720. The standard InChI is InChI=1S/C51H76N14O13S.C2HF3O2/c1-5-27(4)41(47(74)60-34(21-29-23-54-25-56-29)48(75)65-19-9-11-36(65)49(76)77)63-45(72)32(20-28-14-16-30(66)17-15-28)59-46(73)40(26(2)3)62-43(70)31(10-8-18-55-50(52)53)58-44(71)33(22-39(68)69)57-38(67)13-7-6-12-37-42-35(24-79-37)61-51(78)64-42;3-2(4,5)1(6)7/h14-17,23,25-27,31-37,40-42,66H,5-13,18-22,24H2,1-4H3,(H,54,56)(H,57,67)(H,58,71)(H,59,73)(H,60,74)(H,62,70)(H,63,72)(H,68,69)(H,76,77)(H4,52,53,55)(H2,61,64,78);(H,6,7)/t27-,31-,32-,33-,34-,35-,36-,37-,40-,41-,42-;/m0./s1. The number of carboxylic acids is 3. The molecular weight excluding hydrogens is 1160 g/mol. The fraction of sp³-hybridized carbons (Fsp3) is 0.604. The number of carbonyl (C=O) groups is 11. The number of hydrogen-bond donors (Lipinski definition) is 15. The van der Waals surface area contributed by atoms with E-state index in [2.05, 4.69) is 57.5 Å². The fourth-order valence-electron chi connectivity index (χ4n) is 9.62. The summed E-state index contributed by atoms with van der Waals surface area (Å²) in [6.07, 6.45) is -0.598. The van der Waals surface area contributed by atoms with Gasteiger partial charge in [0.1, 0.15) is 48.0 Å². The second-order valence-electron chi connectivity index (χ2n) is 21.3. The van der Waals surface area contributed by atoms with E-state index in [1.807, 2.05) is 0 Å². The summed E-state index contributed by atoms with van der Waals surface area (Å²) in [7, 11) is 0. The van der Waals surface area contributed by atoms with Crippen molar-refractivity contribution >= 4 is 83.0 Å². The molecule has 0 radical (unpaired) electrons. The number of amides is 9. The first-order valence-electron chi connectivity index (χ1n) is 27.8. The van der Waals surface area contributed by atoms with Crippen molar-refractivity contribution < 1.29 is 86.3 Å². The third kappa shape index (κ3) is 22.2. The number of aliphatic carboxylic acids is 3. The maximum atomic E-state index is 14.6. The zero-order chi connectivity index (χ0) is 64.0. The number of halogens is 3. The molecule has 9 amide bonds. The third-order valence-electron chi connectivity index (χ3n) is 14.4. The molecule has 3 saturated heterocycles. The summed E-state index contributed by atoms with van der Waals surface area (Å²) in [5, 5.41) is 58.6. The molecule has 33 heteroatoms. The van der Waals surface area contributed by atoms with Crippen molar-refractivity contribution in [1.82, 2.24) is 57.4 Å². The van der Waals surface area contributed by atoms with E-state index in [0.717, 1.165) is 5.75 Å². The van der Waals surface area contributed by atoms with Gasteiger partial charge >= 0.3 is 30.1 Å². The number of carboxylic acid groups (broad SMARTS) is 3. The molecule has 11 atom stereocenters. The second-order valence-corrected chi connectivity index (χ2v) is 22.6. The van der Waals surface area contributed by atoms with Crippen LogP contribution in [0.15, 0.2) is 41.8 Å². The number of hydrogen-bond acceptors (Lipinski definition) is 15. The van der Waals surface area contributed by atoms with Gasteiger partial charge in [-0.15, -0.1) is 0 Å². The van der Waals surface area contributed by atoms with Gasteiger partial charge in [0.2, 0.25) is 41.4 Å². The fourth-order valence-corrected chi connectivity index (χ4v) is 11.2. The molecule has 1 aromatic carbocycles. The minimum absolute atomic E-state index is 0.0158. The van der Waals surface area contributed by atoms with Gasteiger partial charge in [0, 0.05) is 55.2 Å². The predicted octanol–water partition coefficient (Wildman–Crippen LogP) is -0.526. The number of phenols is 1. The van der Waals surface area contributed by atoms with E-state index in [0.29, 0.717) is 43.4 Å². The van der Waals surface area contributed by atoms with Crippen LogP contribution in [0, 0.1) is 11.8 Å². The average molecular weight is 1240 g/mol. The first kappa shape index (κ1) is 70.1. The van der Waals surface area contributed by atoms with Crippen LogP contribution in [0.25, 0.3) is 0 Å². The summed E-state index contributed by atoms with van der Waals surface area (Å²) >= 11 is 1.73. The Morgan fingerprint density at radius 1 is 0.802 bits per heavy atom. The van der Waals surface area contributed by atoms with Gasteiger partial charge in [-0.2, -0.15) is 24.9 Å². The molecule has 5 rings (SSSR count). The Hall–Kier alpha value is -8.39. The van der Waals surface area contributed by atoms with Crippen molar-refractivity contribution in [3.05, 3.63) is 48.0 Å². The number of nitrogens with two attached hydrogens (primary N) is 2. The van der Waals surface area contributed by atoms with Gasteiger partial charge in [-0.3, -0.25) is 43.3 Å². The maximum Gasteiger partial charge on any atom is 0.490 e. The van der Waals surface area contributed by atoms with E-state index in [1.165, 1.54) is 41.7 Å². The van der Waals surface area contributed by atoms with E-state index in [9.17, 15) is 76.4 Å². The topological polar surface area (TPSA) is 461 Å². The van der Waals surface area contributed by atoms with Crippen LogP contribution in [0.3, 0.4) is 0 Å². The Kier molecular flexibility index (Phi) is 27.2. The molecule has 29 nitrogen and oxygen atoms in total. The highest BCUT2D eigenvalue weighted by Crippen LogP contribution is 2.33. The van der Waals surface area contributed by atoms with Crippen molar-refractivity contribution in [3.63, 3.8) is 0 Å². The van der Waals surface area contributed by atoms with Crippen molar-refractivity contribution in [2.24, 2.45) is 28.3 Å². The van der Waals surface area contributed by atoms with Crippen LogP contribution in [-0.4, -0.2) is 191 Å². The average Bonchev–Trinajstić information content (AvgIpc) is 3.45. The van der Waals surface area contributed by atoms with E-state index < -0.39 is 126 Å². The van der Waals surface area contributed by atoms with E-state index in [1.54, 1.807) is 39.5 Å². The van der Waals surface area contributed by atoms with E-state index in [4.69, 9.17) is 21.4 Å². The Morgan fingerprint density at radius 2 is 1.42 bits per heavy atom. The van der Waals surface area contributed by atoms with Crippen LogP contribution < -0.4 is 54.0 Å². The van der Waals surface area contributed by atoms with Crippen molar-refractivity contribution in [1.29, 1.82) is 0 Å². The number of benzene rings is 1. The number of guanidine groups is 1. The number of alkyl halides is 3. The van der Waals surface area contributed by atoms with E-state index in [-0.39, 0.29) is 86.7 Å². The quantitative estimate of drug-likeness (QED) is 0.0195. The SMILES string of the molecule is CC[C@H](C)[C@H](NC(=O)[C@H](Cc1ccc(O)cc1)NC(=O)[C@@H](NC(=O)[C@H](CCCN=C(N)N)NC(=O)[C@H](CC(=O)O)NC(=O)CCCC[C@@H]1SC[C@@H]2NC(=O)N[C@@H]21)C(C)C)C(=O)N[C@@H](Cc1cnc[nH]1)C(=O)N1CCC[C@H]1C(=O)O.O=C(O)C(F)(F)F. The molecule has 0 unspecified atom stereocenters. The number of unbranched alkanes of at least 4 members (excludes halogenated alkanes) is 1. The molecule has 0 bridgehead atoms. The highest BCUT2D eigenvalue weighted by atomic mass is 32.2. The van der Waals surface area contributed by atoms with Crippen molar-refractivity contribution in [3.8, 4) is 5.75 Å². The maximum absolute atomic E-state index is 14.6. The number of aromatic nitrogens is 2. The minimum atomic E-state index is -5.08. The lowest BCUT2D eigenvalue weighted by Gasteiger charge is -2.31. The van der Waals surface area contributed by atoms with Crippen molar-refractivity contribution in [2.75, 3.05) is 18.8 Å². The van der Waals surface area contributed by atoms with Gasteiger partial charge in [-0.1, -0.05) is 52.7 Å². The minimum Gasteiger partial charge on any atom is -0.508 e. The van der Waals surface area contributed by atoms with Crippen LogP contribution in [0.4, 0.5) is 18.0 Å². The van der Waals surface area contributed by atoms with Gasteiger partial charge in [0.05, 0.1) is 24.8 Å². The van der Waals surface area contributed by atoms with Gasteiger partial charge < -0.3 is 84.3 Å². The molecule has 17 N–H and O–H groups in total. The number of likely N-dealkylation sites (tertiary alicyclic amines) is 1. The largest absolute Gasteiger partial charge is 0.508 e. The zero-order valence-corrected chi connectivity index (χ0v) is 48.6. The molecule has 476 valence electrons. The monoisotopic (exact) mass is 1240 g/mol. The number of urea groups is 1. The molecular formula is C53H77F3N14O15S. The molecule has 0 spiro atoms. The van der Waals surface area contributed by atoms with Gasteiger partial charge in [0.15, 0.2) is 5.96 Å². The summed E-state index contributed by atoms with van der Waals surface area (Å²) in [5.41, 5.74) is 12.0. The lowest BCUT2D eigenvalue weighted by atomic mass is 9.96. The molecule has 1 aromatic heterocycles. The molecule has 0 aliphatic carbocycles. The van der Waals surface area contributed by atoms with Crippen LogP contribution in [0.1, 0.15) is 103 Å². The summed E-state index contributed by atoms with van der Waals surface area (Å²) < 4.78 is 31.7. The second kappa shape index (κ2) is 33.3. The van der Waals surface area contributed by atoms with E-state index >= 15 is 0 Å². The Morgan fingerprint density at radius 3 is 2.01 bits per heavy atom. The molecule has 4 heterocycles. The number of rotatable bonds is 31. The highest BCUT2D eigenvalue weighted by Gasteiger charge is 2.44. The molecule has 86 heavy (non-hydrogen) atoms. The normalized spacial score (nSPS) is 19.4. The number of imidazole rings is 1.